The maximum Gasteiger partial charge on any atom is 0.138 e. The van der Waals surface area contributed by atoms with Gasteiger partial charge >= 0.3 is 0 Å². The highest BCUT2D eigenvalue weighted by Crippen LogP contribution is 2.22. The topological polar surface area (TPSA) is 37.8 Å². The van der Waals surface area contributed by atoms with Crippen LogP contribution in [0.2, 0.25) is 0 Å². The fourth-order valence-electron chi connectivity index (χ4n) is 2.11. The summed E-state index contributed by atoms with van der Waals surface area (Å²) in [6.07, 6.45) is 1.90. The van der Waals surface area contributed by atoms with Crippen LogP contribution in [-0.2, 0) is 5.75 Å². The van der Waals surface area contributed by atoms with Gasteiger partial charge in [0.15, 0.2) is 0 Å². The molecule has 21 heavy (non-hydrogen) atoms. The van der Waals surface area contributed by atoms with Gasteiger partial charge in [-0.3, -0.25) is 0 Å². The number of aryl methyl sites for hydroxylation is 1. The summed E-state index contributed by atoms with van der Waals surface area (Å²) in [5, 5.41) is 3.36. The quantitative estimate of drug-likeness (QED) is 0.822. The lowest BCUT2D eigenvalue weighted by atomic mass is 10.1. The molecule has 1 aromatic heterocycles. The molecule has 0 radical (unpaired) electrons. The average Bonchev–Trinajstić information content (AvgIpc) is 2.47. The first-order chi connectivity index (χ1) is 10.1. The van der Waals surface area contributed by atoms with Gasteiger partial charge in [-0.05, 0) is 44.7 Å². The third-order valence-corrected chi connectivity index (χ3v) is 4.23. The monoisotopic (exact) mass is 305 g/mol. The molecule has 112 valence electrons. The van der Waals surface area contributed by atoms with Crippen LogP contribution < -0.4 is 5.32 Å². The molecule has 0 fully saturated rings. The summed E-state index contributed by atoms with van der Waals surface area (Å²) in [6, 6.07) is 6.74. The molecule has 1 unspecified atom stereocenters. The Morgan fingerprint density at radius 3 is 2.62 bits per heavy atom. The molecule has 0 saturated heterocycles. The van der Waals surface area contributed by atoms with Crippen molar-refractivity contribution in [1.82, 2.24) is 15.3 Å². The SMILES string of the molecule is CCNC(C)c1cnc(CSc2ccc(F)cc2)nc1C. The highest BCUT2D eigenvalue weighted by Gasteiger charge is 2.10. The summed E-state index contributed by atoms with van der Waals surface area (Å²) >= 11 is 1.61. The minimum Gasteiger partial charge on any atom is -0.310 e. The van der Waals surface area contributed by atoms with Crippen molar-refractivity contribution in [2.75, 3.05) is 6.54 Å². The minimum absolute atomic E-state index is 0.215. The van der Waals surface area contributed by atoms with Gasteiger partial charge in [0, 0.05) is 28.4 Å². The second-order valence-corrected chi connectivity index (χ2v) is 5.90. The van der Waals surface area contributed by atoms with E-state index in [1.54, 1.807) is 23.9 Å². The van der Waals surface area contributed by atoms with Crippen molar-refractivity contribution in [2.45, 2.75) is 37.5 Å². The minimum atomic E-state index is -0.215. The van der Waals surface area contributed by atoms with Crippen molar-refractivity contribution < 1.29 is 4.39 Å². The van der Waals surface area contributed by atoms with Crippen molar-refractivity contribution in [1.29, 1.82) is 0 Å². The van der Waals surface area contributed by atoms with E-state index in [9.17, 15) is 4.39 Å². The Hall–Kier alpha value is -1.46. The van der Waals surface area contributed by atoms with Crippen LogP contribution in [0, 0.1) is 12.7 Å². The van der Waals surface area contributed by atoms with E-state index >= 15 is 0 Å². The Morgan fingerprint density at radius 1 is 1.29 bits per heavy atom. The molecule has 0 aliphatic rings. The number of benzene rings is 1. The second-order valence-electron chi connectivity index (χ2n) is 4.85. The predicted octanol–water partition coefficient (Wildman–Crippen LogP) is 3.89. The van der Waals surface area contributed by atoms with Crippen LogP contribution >= 0.6 is 11.8 Å². The molecular weight excluding hydrogens is 285 g/mol. The standard InChI is InChI=1S/C16H20FN3S/c1-4-18-11(2)15-9-19-16(20-12(15)3)10-21-14-7-5-13(17)6-8-14/h5-9,11,18H,4,10H2,1-3H3. The Morgan fingerprint density at radius 2 is 2.00 bits per heavy atom. The molecule has 0 spiro atoms. The zero-order valence-electron chi connectivity index (χ0n) is 12.6. The summed E-state index contributed by atoms with van der Waals surface area (Å²) in [7, 11) is 0. The van der Waals surface area contributed by atoms with Gasteiger partial charge in [-0.25, -0.2) is 14.4 Å². The number of rotatable bonds is 6. The molecule has 0 amide bonds. The molecule has 0 aliphatic carbocycles. The van der Waals surface area contributed by atoms with Gasteiger partial charge in [0.05, 0.1) is 5.75 Å². The summed E-state index contributed by atoms with van der Waals surface area (Å²) in [4.78, 5) is 10.0. The molecular formula is C16H20FN3S. The first-order valence-corrected chi connectivity index (χ1v) is 8.03. The van der Waals surface area contributed by atoms with Crippen molar-refractivity contribution in [3.8, 4) is 0 Å². The van der Waals surface area contributed by atoms with Gasteiger partial charge in [-0.1, -0.05) is 6.92 Å². The van der Waals surface area contributed by atoms with Crippen LogP contribution in [0.25, 0.3) is 0 Å². The number of hydrogen-bond acceptors (Lipinski definition) is 4. The molecule has 1 aromatic carbocycles. The van der Waals surface area contributed by atoms with Crippen molar-refractivity contribution in [3.05, 3.63) is 53.4 Å². The van der Waals surface area contributed by atoms with Gasteiger partial charge in [0.1, 0.15) is 11.6 Å². The molecule has 3 nitrogen and oxygen atoms in total. The van der Waals surface area contributed by atoms with E-state index in [-0.39, 0.29) is 11.9 Å². The van der Waals surface area contributed by atoms with Gasteiger partial charge in [-0.2, -0.15) is 0 Å². The third kappa shape index (κ3) is 4.51. The van der Waals surface area contributed by atoms with Crippen LogP contribution in [0.3, 0.4) is 0 Å². The van der Waals surface area contributed by atoms with Crippen LogP contribution in [0.1, 0.15) is 37.0 Å². The van der Waals surface area contributed by atoms with E-state index < -0.39 is 0 Å². The first-order valence-electron chi connectivity index (χ1n) is 7.04. The molecule has 2 rings (SSSR count). The predicted molar refractivity (Wildman–Crippen MR) is 84.8 cm³/mol. The average molecular weight is 305 g/mol. The Kier molecular flexibility index (Phi) is 5.70. The fourth-order valence-corrected chi connectivity index (χ4v) is 2.88. The van der Waals surface area contributed by atoms with Crippen LogP contribution in [0.5, 0.6) is 0 Å². The zero-order valence-corrected chi connectivity index (χ0v) is 13.4. The van der Waals surface area contributed by atoms with E-state index in [0.717, 1.165) is 28.5 Å². The summed E-state index contributed by atoms with van der Waals surface area (Å²) in [5.74, 6) is 1.27. The smallest absolute Gasteiger partial charge is 0.138 e. The molecule has 0 saturated carbocycles. The van der Waals surface area contributed by atoms with Crippen molar-refractivity contribution in [2.24, 2.45) is 0 Å². The molecule has 1 N–H and O–H groups in total. The number of aromatic nitrogens is 2. The van der Waals surface area contributed by atoms with Gasteiger partial charge in [-0.15, -0.1) is 11.8 Å². The lowest BCUT2D eigenvalue weighted by Gasteiger charge is -2.14. The van der Waals surface area contributed by atoms with Gasteiger partial charge in [0.2, 0.25) is 0 Å². The van der Waals surface area contributed by atoms with Crippen LogP contribution in [0.15, 0.2) is 35.4 Å². The van der Waals surface area contributed by atoms with E-state index in [4.69, 9.17) is 0 Å². The van der Waals surface area contributed by atoms with E-state index in [1.807, 2.05) is 13.1 Å². The number of hydrogen-bond donors (Lipinski definition) is 1. The highest BCUT2D eigenvalue weighted by atomic mass is 32.2. The van der Waals surface area contributed by atoms with Gasteiger partial charge < -0.3 is 5.32 Å². The van der Waals surface area contributed by atoms with Crippen LogP contribution in [-0.4, -0.2) is 16.5 Å². The maximum atomic E-state index is 12.8. The number of halogens is 1. The number of nitrogens with zero attached hydrogens (tertiary/aromatic N) is 2. The van der Waals surface area contributed by atoms with E-state index in [1.165, 1.54) is 12.1 Å². The summed E-state index contributed by atoms with van der Waals surface area (Å²) < 4.78 is 12.8. The van der Waals surface area contributed by atoms with Crippen LogP contribution in [0.4, 0.5) is 4.39 Å². The maximum absolute atomic E-state index is 12.8. The Labute approximate surface area is 129 Å². The third-order valence-electron chi connectivity index (χ3n) is 3.23. The van der Waals surface area contributed by atoms with Crippen molar-refractivity contribution in [3.63, 3.8) is 0 Å². The lowest BCUT2D eigenvalue weighted by molar-refractivity contribution is 0.589. The molecule has 1 atom stereocenters. The van der Waals surface area contributed by atoms with E-state index in [2.05, 4.69) is 29.1 Å². The highest BCUT2D eigenvalue weighted by molar-refractivity contribution is 7.98. The first kappa shape index (κ1) is 15.9. The number of thioether (sulfide) groups is 1. The Bertz CT molecular complexity index is 587. The zero-order chi connectivity index (χ0) is 15.2. The molecule has 0 aliphatic heterocycles. The van der Waals surface area contributed by atoms with E-state index in [0.29, 0.717) is 5.75 Å². The Balaban J connectivity index is 2.01. The normalized spacial score (nSPS) is 12.4. The second kappa shape index (κ2) is 7.52. The fraction of sp³-hybridized carbons (Fsp3) is 0.375. The molecule has 2 aromatic rings. The lowest BCUT2D eigenvalue weighted by Crippen LogP contribution is -2.19. The van der Waals surface area contributed by atoms with Crippen molar-refractivity contribution >= 4 is 11.8 Å². The molecule has 0 bridgehead atoms. The number of nitrogens with one attached hydrogen (secondary N) is 1. The van der Waals surface area contributed by atoms with Gasteiger partial charge in [0.25, 0.3) is 0 Å². The molecule has 1 heterocycles. The summed E-state index contributed by atoms with van der Waals surface area (Å²) in [6.45, 7) is 7.13. The molecule has 5 heteroatoms. The summed E-state index contributed by atoms with van der Waals surface area (Å²) in [5.41, 5.74) is 2.14. The largest absolute Gasteiger partial charge is 0.310 e.